The van der Waals surface area contributed by atoms with Crippen LogP contribution in [-0.4, -0.2) is 16.0 Å². The second-order valence-corrected chi connectivity index (χ2v) is 4.44. The number of hydrogen-bond donors (Lipinski definition) is 1. The molecule has 4 heteroatoms. The minimum Gasteiger partial charge on any atom is -0.328 e. The summed E-state index contributed by atoms with van der Waals surface area (Å²) in [7, 11) is 0. The van der Waals surface area contributed by atoms with Crippen molar-refractivity contribution in [3.63, 3.8) is 0 Å². The van der Waals surface area contributed by atoms with Gasteiger partial charge in [0, 0.05) is 17.8 Å². The number of nitrogens with zero attached hydrogens (tertiary/aromatic N) is 2. The van der Waals surface area contributed by atoms with Gasteiger partial charge in [0.1, 0.15) is 11.0 Å². The molecule has 1 unspecified atom stereocenters. The molecular formula is C12H14ClN3. The van der Waals surface area contributed by atoms with Crippen LogP contribution in [0, 0.1) is 6.92 Å². The van der Waals surface area contributed by atoms with Crippen LogP contribution in [0.3, 0.4) is 0 Å². The molecule has 0 bridgehead atoms. The summed E-state index contributed by atoms with van der Waals surface area (Å²) in [5.74, 6) is 0.710. The summed E-state index contributed by atoms with van der Waals surface area (Å²) in [6.07, 6.45) is 0.643. The number of para-hydroxylation sites is 1. The van der Waals surface area contributed by atoms with Crippen molar-refractivity contribution in [1.29, 1.82) is 0 Å². The van der Waals surface area contributed by atoms with Gasteiger partial charge in [0.15, 0.2) is 0 Å². The third-order valence-corrected chi connectivity index (χ3v) is 2.72. The average Bonchev–Trinajstić information content (AvgIpc) is 2.19. The smallest absolute Gasteiger partial charge is 0.140 e. The highest BCUT2D eigenvalue weighted by molar-refractivity contribution is 6.34. The lowest BCUT2D eigenvalue weighted by Gasteiger charge is -2.07. The Bertz CT molecular complexity index is 523. The summed E-state index contributed by atoms with van der Waals surface area (Å²) in [5.41, 5.74) is 7.75. The highest BCUT2D eigenvalue weighted by Gasteiger charge is 2.08. The minimum absolute atomic E-state index is 0.0394. The maximum atomic E-state index is 6.13. The van der Waals surface area contributed by atoms with E-state index in [9.17, 15) is 0 Å². The van der Waals surface area contributed by atoms with Crippen molar-refractivity contribution >= 4 is 22.5 Å². The van der Waals surface area contributed by atoms with Gasteiger partial charge in [-0.25, -0.2) is 9.97 Å². The Hall–Kier alpha value is -1.19. The lowest BCUT2D eigenvalue weighted by Crippen LogP contribution is -2.19. The van der Waals surface area contributed by atoms with E-state index in [-0.39, 0.29) is 6.04 Å². The third-order valence-electron chi connectivity index (χ3n) is 2.43. The Balaban J connectivity index is 2.61. The summed E-state index contributed by atoms with van der Waals surface area (Å²) < 4.78 is 0. The van der Waals surface area contributed by atoms with Gasteiger partial charge < -0.3 is 5.73 Å². The zero-order chi connectivity index (χ0) is 11.7. The largest absolute Gasteiger partial charge is 0.328 e. The molecule has 2 aromatic rings. The highest BCUT2D eigenvalue weighted by Crippen LogP contribution is 2.22. The van der Waals surface area contributed by atoms with Crippen LogP contribution in [0.2, 0.25) is 5.15 Å². The Kier molecular flexibility index (Phi) is 3.08. The van der Waals surface area contributed by atoms with Crippen LogP contribution in [-0.2, 0) is 6.42 Å². The second-order valence-electron chi connectivity index (χ2n) is 4.08. The Morgan fingerprint density at radius 1 is 1.38 bits per heavy atom. The summed E-state index contributed by atoms with van der Waals surface area (Å²) in [6.45, 7) is 3.95. The number of benzene rings is 1. The molecule has 0 radical (unpaired) electrons. The molecule has 1 aromatic carbocycles. The van der Waals surface area contributed by atoms with Crippen molar-refractivity contribution in [2.24, 2.45) is 5.73 Å². The first-order valence-electron chi connectivity index (χ1n) is 5.25. The normalized spacial score (nSPS) is 13.0. The number of rotatable bonds is 2. The first-order chi connectivity index (χ1) is 7.58. The van der Waals surface area contributed by atoms with Gasteiger partial charge in [-0.1, -0.05) is 23.7 Å². The Labute approximate surface area is 99.7 Å². The molecule has 2 N–H and O–H groups in total. The second kappa shape index (κ2) is 4.36. The number of hydrogen-bond acceptors (Lipinski definition) is 3. The third kappa shape index (κ3) is 2.15. The van der Waals surface area contributed by atoms with Crippen molar-refractivity contribution in [2.45, 2.75) is 26.3 Å². The topological polar surface area (TPSA) is 51.8 Å². The van der Waals surface area contributed by atoms with Crippen LogP contribution in [0.4, 0.5) is 0 Å². The molecule has 1 atom stereocenters. The van der Waals surface area contributed by atoms with Crippen LogP contribution < -0.4 is 5.73 Å². The fraction of sp³-hybridized carbons (Fsp3) is 0.333. The van der Waals surface area contributed by atoms with E-state index >= 15 is 0 Å². The molecule has 0 fully saturated rings. The average molecular weight is 236 g/mol. The Morgan fingerprint density at radius 2 is 2.12 bits per heavy atom. The van der Waals surface area contributed by atoms with Crippen molar-refractivity contribution < 1.29 is 0 Å². The number of aromatic nitrogens is 2. The quantitative estimate of drug-likeness (QED) is 0.814. The molecule has 1 heterocycles. The minimum atomic E-state index is 0.0394. The van der Waals surface area contributed by atoms with Crippen molar-refractivity contribution in [3.05, 3.63) is 34.7 Å². The van der Waals surface area contributed by atoms with E-state index in [1.807, 2.05) is 32.0 Å². The molecule has 1 aromatic heterocycles. The van der Waals surface area contributed by atoms with E-state index in [0.29, 0.717) is 17.4 Å². The lowest BCUT2D eigenvalue weighted by molar-refractivity contribution is 0.705. The van der Waals surface area contributed by atoms with E-state index in [2.05, 4.69) is 9.97 Å². The number of nitrogens with two attached hydrogens (primary N) is 1. The first-order valence-corrected chi connectivity index (χ1v) is 5.63. The fourth-order valence-corrected chi connectivity index (χ4v) is 1.93. The highest BCUT2D eigenvalue weighted by atomic mass is 35.5. The number of aryl methyl sites for hydroxylation is 1. The maximum Gasteiger partial charge on any atom is 0.140 e. The Morgan fingerprint density at radius 3 is 2.81 bits per heavy atom. The van der Waals surface area contributed by atoms with Gasteiger partial charge in [-0.15, -0.1) is 0 Å². The maximum absolute atomic E-state index is 6.13. The molecule has 0 saturated carbocycles. The van der Waals surface area contributed by atoms with Crippen LogP contribution in [0.15, 0.2) is 18.2 Å². The molecule has 84 valence electrons. The predicted molar refractivity (Wildman–Crippen MR) is 66.6 cm³/mol. The summed E-state index contributed by atoms with van der Waals surface area (Å²) in [4.78, 5) is 8.76. The molecule has 16 heavy (non-hydrogen) atoms. The first kappa shape index (κ1) is 11.3. The van der Waals surface area contributed by atoms with Gasteiger partial charge >= 0.3 is 0 Å². The fourth-order valence-electron chi connectivity index (χ4n) is 1.68. The molecular weight excluding hydrogens is 222 g/mol. The van der Waals surface area contributed by atoms with Gasteiger partial charge in [-0.3, -0.25) is 0 Å². The lowest BCUT2D eigenvalue weighted by atomic mass is 10.1. The van der Waals surface area contributed by atoms with Crippen molar-refractivity contribution in [2.75, 3.05) is 0 Å². The zero-order valence-corrected chi connectivity index (χ0v) is 10.1. The van der Waals surface area contributed by atoms with Crippen molar-refractivity contribution in [1.82, 2.24) is 9.97 Å². The van der Waals surface area contributed by atoms with Gasteiger partial charge in [-0.2, -0.15) is 0 Å². The van der Waals surface area contributed by atoms with E-state index in [1.54, 1.807) is 0 Å². The zero-order valence-electron chi connectivity index (χ0n) is 9.37. The predicted octanol–water partition coefficient (Wildman–Crippen LogP) is 2.48. The van der Waals surface area contributed by atoms with Crippen LogP contribution in [0.1, 0.15) is 18.3 Å². The number of fused-ring (bicyclic) bond motifs is 1. The summed E-state index contributed by atoms with van der Waals surface area (Å²) in [5, 5.41) is 1.40. The monoisotopic (exact) mass is 235 g/mol. The molecule has 0 spiro atoms. The summed E-state index contributed by atoms with van der Waals surface area (Å²) >= 11 is 6.13. The molecule has 0 amide bonds. The molecule has 0 aliphatic rings. The number of halogens is 1. The molecule has 3 nitrogen and oxygen atoms in total. The standard InChI is InChI=1S/C12H14ClN3/c1-7-4-3-5-9-11(7)15-10(6-8(2)14)16-12(9)13/h3-5,8H,6,14H2,1-2H3. The van der Waals surface area contributed by atoms with Gasteiger partial charge in [0.05, 0.1) is 5.52 Å². The van der Waals surface area contributed by atoms with Crippen LogP contribution in [0.25, 0.3) is 10.9 Å². The van der Waals surface area contributed by atoms with E-state index < -0.39 is 0 Å². The van der Waals surface area contributed by atoms with Crippen molar-refractivity contribution in [3.8, 4) is 0 Å². The molecule has 0 saturated heterocycles. The van der Waals surface area contributed by atoms with E-state index in [4.69, 9.17) is 17.3 Å². The molecule has 0 aliphatic heterocycles. The summed E-state index contributed by atoms with van der Waals surface area (Å²) in [6, 6.07) is 5.94. The van der Waals surface area contributed by atoms with Crippen LogP contribution in [0.5, 0.6) is 0 Å². The van der Waals surface area contributed by atoms with E-state index in [1.165, 1.54) is 0 Å². The van der Waals surface area contributed by atoms with Crippen LogP contribution >= 0.6 is 11.6 Å². The SMILES string of the molecule is Cc1cccc2c(Cl)nc(CC(C)N)nc12. The van der Waals surface area contributed by atoms with Gasteiger partial charge in [0.25, 0.3) is 0 Å². The van der Waals surface area contributed by atoms with Gasteiger partial charge in [0.2, 0.25) is 0 Å². The molecule has 0 aliphatic carbocycles. The van der Waals surface area contributed by atoms with E-state index in [0.717, 1.165) is 16.5 Å². The molecule has 2 rings (SSSR count). The van der Waals surface area contributed by atoms with Gasteiger partial charge in [-0.05, 0) is 25.5 Å².